The van der Waals surface area contributed by atoms with E-state index in [0.717, 1.165) is 51.5 Å². The number of hydrogen-bond acceptors (Lipinski definition) is 3. The first-order valence-electron chi connectivity index (χ1n) is 8.88. The molecule has 25 heavy (non-hydrogen) atoms. The second kappa shape index (κ2) is 11.0. The van der Waals surface area contributed by atoms with Gasteiger partial charge in [0.15, 0.2) is 5.96 Å². The summed E-state index contributed by atoms with van der Waals surface area (Å²) in [5, 5.41) is 6.96. The minimum absolute atomic E-state index is 0. The molecule has 6 heteroatoms. The average molecular weight is 460 g/mol. The van der Waals surface area contributed by atoms with Crippen molar-refractivity contribution in [3.8, 4) is 0 Å². The van der Waals surface area contributed by atoms with Gasteiger partial charge in [-0.05, 0) is 44.5 Å². The van der Waals surface area contributed by atoms with Crippen molar-refractivity contribution < 1.29 is 4.74 Å². The molecule has 1 heterocycles. The molecule has 142 valence electrons. The Morgan fingerprint density at radius 1 is 1.16 bits per heavy atom. The molecular weight excluding hydrogens is 427 g/mol. The van der Waals surface area contributed by atoms with Crippen LogP contribution in [0.15, 0.2) is 29.3 Å². The number of aliphatic imine (C=N–C) groups is 1. The molecular formula is C19H33IN4O. The zero-order valence-corrected chi connectivity index (χ0v) is 18.3. The van der Waals surface area contributed by atoms with Crippen LogP contribution in [0.3, 0.4) is 0 Å². The Morgan fingerprint density at radius 3 is 2.36 bits per heavy atom. The lowest BCUT2D eigenvalue weighted by Crippen LogP contribution is -2.57. The molecule has 1 aliphatic rings. The minimum Gasteiger partial charge on any atom is -0.381 e. The summed E-state index contributed by atoms with van der Waals surface area (Å²) in [4.78, 5) is 6.70. The Hall–Kier alpha value is -0.860. The Kier molecular flexibility index (Phi) is 9.74. The van der Waals surface area contributed by atoms with Crippen molar-refractivity contribution in [2.75, 3.05) is 40.9 Å². The fourth-order valence-electron chi connectivity index (χ4n) is 3.26. The van der Waals surface area contributed by atoms with Crippen LogP contribution in [0.4, 0.5) is 0 Å². The van der Waals surface area contributed by atoms with E-state index in [-0.39, 0.29) is 29.5 Å². The molecule has 2 rings (SSSR count). The number of ether oxygens (including phenoxy) is 1. The Bertz CT molecular complexity index is 542. The van der Waals surface area contributed by atoms with Crippen LogP contribution in [0.5, 0.6) is 0 Å². The minimum atomic E-state index is 0. The Labute approximate surface area is 169 Å². The van der Waals surface area contributed by atoms with E-state index in [1.165, 1.54) is 11.1 Å². The number of aryl methyl sites for hydroxylation is 1. The van der Waals surface area contributed by atoms with Gasteiger partial charge in [0, 0.05) is 38.9 Å². The van der Waals surface area contributed by atoms with Crippen LogP contribution in [-0.4, -0.2) is 57.3 Å². The molecule has 1 aliphatic heterocycles. The SMILES string of the molecule is CCc1ccccc1CNC(=NC)NCC1(N(C)C)CCOCC1.I. The number of nitrogens with zero attached hydrogens (tertiary/aromatic N) is 2. The van der Waals surface area contributed by atoms with Crippen molar-refractivity contribution in [3.05, 3.63) is 35.4 Å². The third-order valence-corrected chi connectivity index (χ3v) is 5.13. The summed E-state index contributed by atoms with van der Waals surface area (Å²) in [6.45, 7) is 5.52. The number of benzene rings is 1. The first kappa shape index (κ1) is 22.2. The molecule has 0 unspecified atom stereocenters. The fourth-order valence-corrected chi connectivity index (χ4v) is 3.26. The summed E-state index contributed by atoms with van der Waals surface area (Å²) in [5.74, 6) is 0.855. The lowest BCUT2D eigenvalue weighted by Gasteiger charge is -2.43. The lowest BCUT2D eigenvalue weighted by atomic mass is 9.88. The zero-order valence-electron chi connectivity index (χ0n) is 16.0. The molecule has 1 aromatic carbocycles. The highest BCUT2D eigenvalue weighted by molar-refractivity contribution is 14.0. The predicted molar refractivity (Wildman–Crippen MR) is 116 cm³/mol. The van der Waals surface area contributed by atoms with Gasteiger partial charge in [-0.2, -0.15) is 0 Å². The van der Waals surface area contributed by atoms with E-state index in [4.69, 9.17) is 4.74 Å². The standard InChI is InChI=1S/C19H32N4O.HI/c1-5-16-8-6-7-9-17(16)14-21-18(20-2)22-15-19(23(3)4)10-12-24-13-11-19;/h6-9H,5,10-15H2,1-4H3,(H2,20,21,22);1H. The number of hydrogen-bond donors (Lipinski definition) is 2. The van der Waals surface area contributed by atoms with Gasteiger partial charge >= 0.3 is 0 Å². The summed E-state index contributed by atoms with van der Waals surface area (Å²) in [5.41, 5.74) is 2.85. The summed E-state index contributed by atoms with van der Waals surface area (Å²) in [6.07, 6.45) is 3.14. The number of rotatable bonds is 6. The maximum atomic E-state index is 5.54. The highest BCUT2D eigenvalue weighted by Gasteiger charge is 2.34. The maximum absolute atomic E-state index is 5.54. The molecule has 2 N–H and O–H groups in total. The molecule has 5 nitrogen and oxygen atoms in total. The van der Waals surface area contributed by atoms with Crippen molar-refractivity contribution >= 4 is 29.9 Å². The second-order valence-corrected chi connectivity index (χ2v) is 6.63. The van der Waals surface area contributed by atoms with Crippen LogP contribution >= 0.6 is 24.0 Å². The van der Waals surface area contributed by atoms with E-state index >= 15 is 0 Å². The van der Waals surface area contributed by atoms with Gasteiger partial charge in [0.25, 0.3) is 0 Å². The number of guanidine groups is 1. The number of nitrogens with one attached hydrogen (secondary N) is 2. The van der Waals surface area contributed by atoms with Crippen molar-refractivity contribution in [3.63, 3.8) is 0 Å². The van der Waals surface area contributed by atoms with Gasteiger partial charge in [0.1, 0.15) is 0 Å². The van der Waals surface area contributed by atoms with Gasteiger partial charge in [-0.25, -0.2) is 0 Å². The van der Waals surface area contributed by atoms with Gasteiger partial charge in [0.05, 0.1) is 0 Å². The van der Waals surface area contributed by atoms with Crippen molar-refractivity contribution in [1.29, 1.82) is 0 Å². The van der Waals surface area contributed by atoms with Crippen LogP contribution in [-0.2, 0) is 17.7 Å². The van der Waals surface area contributed by atoms with Crippen LogP contribution < -0.4 is 10.6 Å². The normalized spacial score (nSPS) is 17.1. The summed E-state index contributed by atoms with van der Waals surface area (Å²) >= 11 is 0. The van der Waals surface area contributed by atoms with E-state index in [0.29, 0.717) is 0 Å². The van der Waals surface area contributed by atoms with Crippen LogP contribution in [0, 0.1) is 0 Å². The monoisotopic (exact) mass is 460 g/mol. The Balaban J connectivity index is 0.00000312. The predicted octanol–water partition coefficient (Wildman–Crippen LogP) is 2.64. The molecule has 1 fully saturated rings. The molecule has 0 aliphatic carbocycles. The van der Waals surface area contributed by atoms with E-state index in [2.05, 4.69) is 65.8 Å². The van der Waals surface area contributed by atoms with Crippen molar-refractivity contribution in [2.24, 2.45) is 4.99 Å². The van der Waals surface area contributed by atoms with Gasteiger partial charge in [0.2, 0.25) is 0 Å². The van der Waals surface area contributed by atoms with E-state index in [1.54, 1.807) is 0 Å². The summed E-state index contributed by atoms with van der Waals surface area (Å²) in [6, 6.07) is 8.56. The van der Waals surface area contributed by atoms with Gasteiger partial charge in [-0.3, -0.25) is 4.99 Å². The molecule has 1 saturated heterocycles. The van der Waals surface area contributed by atoms with E-state index < -0.39 is 0 Å². The van der Waals surface area contributed by atoms with Crippen LogP contribution in [0.2, 0.25) is 0 Å². The quantitative estimate of drug-likeness (QED) is 0.390. The number of likely N-dealkylation sites (N-methyl/N-ethyl adjacent to an activating group) is 1. The third-order valence-electron chi connectivity index (χ3n) is 5.13. The molecule has 0 spiro atoms. The fraction of sp³-hybridized carbons (Fsp3) is 0.632. The first-order chi connectivity index (χ1) is 11.6. The van der Waals surface area contributed by atoms with Gasteiger partial charge < -0.3 is 20.3 Å². The average Bonchev–Trinajstić information content (AvgIpc) is 2.62. The van der Waals surface area contributed by atoms with Gasteiger partial charge in [-0.1, -0.05) is 31.2 Å². The zero-order chi connectivity index (χ0) is 17.4. The molecule has 0 amide bonds. The highest BCUT2D eigenvalue weighted by Crippen LogP contribution is 2.25. The van der Waals surface area contributed by atoms with E-state index in [1.807, 2.05) is 7.05 Å². The largest absolute Gasteiger partial charge is 0.381 e. The van der Waals surface area contributed by atoms with Gasteiger partial charge in [-0.15, -0.1) is 24.0 Å². The van der Waals surface area contributed by atoms with Crippen molar-refractivity contribution in [2.45, 2.75) is 38.3 Å². The summed E-state index contributed by atoms with van der Waals surface area (Å²) in [7, 11) is 6.13. The van der Waals surface area contributed by atoms with E-state index in [9.17, 15) is 0 Å². The lowest BCUT2D eigenvalue weighted by molar-refractivity contribution is -0.00501. The second-order valence-electron chi connectivity index (χ2n) is 6.63. The molecule has 0 atom stereocenters. The maximum Gasteiger partial charge on any atom is 0.191 e. The van der Waals surface area contributed by atoms with Crippen LogP contribution in [0.1, 0.15) is 30.9 Å². The molecule has 1 aromatic rings. The topological polar surface area (TPSA) is 48.9 Å². The third kappa shape index (κ3) is 6.11. The Morgan fingerprint density at radius 2 is 1.80 bits per heavy atom. The highest BCUT2D eigenvalue weighted by atomic mass is 127. The van der Waals surface area contributed by atoms with Crippen molar-refractivity contribution in [1.82, 2.24) is 15.5 Å². The molecule has 0 bridgehead atoms. The number of halogens is 1. The molecule has 0 saturated carbocycles. The van der Waals surface area contributed by atoms with Crippen LogP contribution in [0.25, 0.3) is 0 Å². The molecule has 0 radical (unpaired) electrons. The first-order valence-corrected chi connectivity index (χ1v) is 8.88. The summed E-state index contributed by atoms with van der Waals surface area (Å²) < 4.78 is 5.54. The molecule has 0 aromatic heterocycles. The smallest absolute Gasteiger partial charge is 0.191 e.